The average molecular weight is 342 g/mol. The average Bonchev–Trinajstić information content (AvgIpc) is 2.37. The van der Waals surface area contributed by atoms with Crippen LogP contribution in [0.15, 0.2) is 22.7 Å². The van der Waals surface area contributed by atoms with Gasteiger partial charge in [-0.3, -0.25) is 0 Å². The quantitative estimate of drug-likeness (QED) is 0.874. The van der Waals surface area contributed by atoms with Crippen molar-refractivity contribution in [3.8, 4) is 0 Å². The molecule has 0 amide bonds. The number of rotatable bonds is 3. The Morgan fingerprint density at radius 2 is 1.84 bits per heavy atom. The number of aryl methyl sites for hydroxylation is 1. The summed E-state index contributed by atoms with van der Waals surface area (Å²) >= 11 is 9.60. The molecule has 0 aliphatic carbocycles. The highest BCUT2D eigenvalue weighted by atomic mass is 79.9. The van der Waals surface area contributed by atoms with E-state index in [0.717, 1.165) is 27.4 Å². The van der Waals surface area contributed by atoms with Gasteiger partial charge in [0, 0.05) is 17.1 Å². The van der Waals surface area contributed by atoms with Gasteiger partial charge >= 0.3 is 0 Å². The minimum atomic E-state index is 0.643. The van der Waals surface area contributed by atoms with Crippen molar-refractivity contribution < 1.29 is 0 Å². The molecular weight excluding hydrogens is 328 g/mol. The fraction of sp³-hybridized carbons (Fsp3) is 0.231. The highest BCUT2D eigenvalue weighted by Gasteiger charge is 2.10. The Balaban J connectivity index is 2.43. The van der Waals surface area contributed by atoms with Crippen LogP contribution in [0.5, 0.6) is 0 Å². The summed E-state index contributed by atoms with van der Waals surface area (Å²) in [6.45, 7) is 3.81. The lowest BCUT2D eigenvalue weighted by molar-refractivity contribution is 1.04. The predicted octanol–water partition coefficient (Wildman–Crippen LogP) is 4.29. The maximum Gasteiger partial charge on any atom is 0.139 e. The van der Waals surface area contributed by atoms with E-state index >= 15 is 0 Å². The van der Waals surface area contributed by atoms with Crippen molar-refractivity contribution in [1.82, 2.24) is 9.97 Å². The summed E-state index contributed by atoms with van der Waals surface area (Å²) in [5.41, 5.74) is 1.75. The molecule has 0 aliphatic heterocycles. The van der Waals surface area contributed by atoms with Crippen molar-refractivity contribution in [2.75, 3.05) is 17.7 Å². The Hall–Kier alpha value is -1.33. The Labute approximate surface area is 125 Å². The molecule has 2 rings (SSSR count). The van der Waals surface area contributed by atoms with Crippen molar-refractivity contribution in [2.45, 2.75) is 13.8 Å². The number of benzene rings is 1. The summed E-state index contributed by atoms with van der Waals surface area (Å²) in [4.78, 5) is 8.74. The standard InChI is InChI=1S/C13H14BrClN4/c1-7-12(16-3)17-8(2)18-13(7)19-11-6-9(14)4-5-10(11)15/h4-6H,1-3H3,(H2,16,17,18,19). The summed E-state index contributed by atoms with van der Waals surface area (Å²) in [5.74, 6) is 2.25. The lowest BCUT2D eigenvalue weighted by Crippen LogP contribution is -2.05. The van der Waals surface area contributed by atoms with Gasteiger partial charge in [0.05, 0.1) is 10.7 Å². The predicted molar refractivity (Wildman–Crippen MR) is 83.5 cm³/mol. The van der Waals surface area contributed by atoms with Gasteiger partial charge in [0.25, 0.3) is 0 Å². The molecule has 100 valence electrons. The van der Waals surface area contributed by atoms with E-state index < -0.39 is 0 Å². The van der Waals surface area contributed by atoms with Crippen molar-refractivity contribution in [3.63, 3.8) is 0 Å². The van der Waals surface area contributed by atoms with Crippen LogP contribution in [-0.4, -0.2) is 17.0 Å². The minimum absolute atomic E-state index is 0.643. The first-order chi connectivity index (χ1) is 9.01. The third kappa shape index (κ3) is 3.16. The molecule has 1 heterocycles. The first-order valence-electron chi connectivity index (χ1n) is 5.76. The van der Waals surface area contributed by atoms with E-state index in [1.54, 1.807) is 0 Å². The molecule has 0 spiro atoms. The molecule has 0 bridgehead atoms. The molecule has 1 aromatic carbocycles. The molecule has 2 aromatic rings. The first kappa shape index (κ1) is 14.1. The smallest absolute Gasteiger partial charge is 0.139 e. The summed E-state index contributed by atoms with van der Waals surface area (Å²) in [5, 5.41) is 6.94. The van der Waals surface area contributed by atoms with E-state index in [1.165, 1.54) is 0 Å². The van der Waals surface area contributed by atoms with Gasteiger partial charge in [0.2, 0.25) is 0 Å². The topological polar surface area (TPSA) is 49.8 Å². The summed E-state index contributed by atoms with van der Waals surface area (Å²) < 4.78 is 0.955. The van der Waals surface area contributed by atoms with Crippen LogP contribution in [-0.2, 0) is 0 Å². The molecule has 1 aromatic heterocycles. The highest BCUT2D eigenvalue weighted by molar-refractivity contribution is 9.10. The monoisotopic (exact) mass is 340 g/mol. The normalized spacial score (nSPS) is 10.4. The van der Waals surface area contributed by atoms with Crippen molar-refractivity contribution in [1.29, 1.82) is 0 Å². The zero-order valence-electron chi connectivity index (χ0n) is 10.9. The van der Waals surface area contributed by atoms with Crippen LogP contribution in [0, 0.1) is 13.8 Å². The lowest BCUT2D eigenvalue weighted by Gasteiger charge is -2.13. The van der Waals surface area contributed by atoms with Gasteiger partial charge in [-0.25, -0.2) is 9.97 Å². The summed E-state index contributed by atoms with van der Waals surface area (Å²) in [6, 6.07) is 5.64. The second-order valence-corrected chi connectivity index (χ2v) is 5.42. The van der Waals surface area contributed by atoms with Crippen LogP contribution in [0.4, 0.5) is 17.3 Å². The maximum absolute atomic E-state index is 6.17. The molecule has 0 aliphatic rings. The van der Waals surface area contributed by atoms with Gasteiger partial charge in [-0.1, -0.05) is 27.5 Å². The largest absolute Gasteiger partial charge is 0.373 e. The number of aromatic nitrogens is 2. The lowest BCUT2D eigenvalue weighted by atomic mass is 10.2. The Kier molecular flexibility index (Phi) is 4.27. The molecule has 0 saturated heterocycles. The van der Waals surface area contributed by atoms with E-state index in [-0.39, 0.29) is 0 Å². The Bertz CT molecular complexity index is 616. The second-order valence-electron chi connectivity index (χ2n) is 4.09. The Morgan fingerprint density at radius 3 is 2.53 bits per heavy atom. The van der Waals surface area contributed by atoms with Gasteiger partial charge in [0.1, 0.15) is 17.5 Å². The van der Waals surface area contributed by atoms with Crippen molar-refractivity contribution >= 4 is 44.9 Å². The van der Waals surface area contributed by atoms with Gasteiger partial charge in [-0.15, -0.1) is 0 Å². The molecule has 6 heteroatoms. The zero-order valence-corrected chi connectivity index (χ0v) is 13.2. The van der Waals surface area contributed by atoms with Crippen LogP contribution >= 0.6 is 27.5 Å². The SMILES string of the molecule is CNc1nc(C)nc(Nc2cc(Br)ccc2Cl)c1C. The third-order valence-electron chi connectivity index (χ3n) is 2.68. The Morgan fingerprint density at radius 1 is 1.16 bits per heavy atom. The molecule has 4 nitrogen and oxygen atoms in total. The minimum Gasteiger partial charge on any atom is -0.373 e. The van der Waals surface area contributed by atoms with Gasteiger partial charge in [-0.2, -0.15) is 0 Å². The number of anilines is 3. The van der Waals surface area contributed by atoms with Gasteiger partial charge in [0.15, 0.2) is 0 Å². The van der Waals surface area contributed by atoms with Crippen LogP contribution in [0.2, 0.25) is 5.02 Å². The second kappa shape index (κ2) is 5.75. The number of nitrogens with one attached hydrogen (secondary N) is 2. The van der Waals surface area contributed by atoms with E-state index in [1.807, 2.05) is 39.1 Å². The van der Waals surface area contributed by atoms with E-state index in [4.69, 9.17) is 11.6 Å². The summed E-state index contributed by atoms with van der Waals surface area (Å²) in [7, 11) is 1.84. The fourth-order valence-corrected chi connectivity index (χ4v) is 2.24. The number of nitrogens with zero attached hydrogens (tertiary/aromatic N) is 2. The molecular formula is C13H14BrClN4. The molecule has 0 unspecified atom stereocenters. The number of hydrogen-bond donors (Lipinski definition) is 2. The highest BCUT2D eigenvalue weighted by Crippen LogP contribution is 2.30. The molecule has 0 saturated carbocycles. The molecule has 0 fully saturated rings. The number of hydrogen-bond acceptors (Lipinski definition) is 4. The van der Waals surface area contributed by atoms with Crippen LogP contribution < -0.4 is 10.6 Å². The molecule has 2 N–H and O–H groups in total. The van der Waals surface area contributed by atoms with E-state index in [0.29, 0.717) is 10.8 Å². The first-order valence-corrected chi connectivity index (χ1v) is 6.93. The van der Waals surface area contributed by atoms with E-state index in [2.05, 4.69) is 36.5 Å². The fourth-order valence-electron chi connectivity index (χ4n) is 1.71. The van der Waals surface area contributed by atoms with E-state index in [9.17, 15) is 0 Å². The molecule has 0 radical (unpaired) electrons. The number of halogens is 2. The van der Waals surface area contributed by atoms with Crippen LogP contribution in [0.1, 0.15) is 11.4 Å². The van der Waals surface area contributed by atoms with Crippen LogP contribution in [0.25, 0.3) is 0 Å². The molecule has 0 atom stereocenters. The maximum atomic E-state index is 6.17. The van der Waals surface area contributed by atoms with Gasteiger partial charge < -0.3 is 10.6 Å². The summed E-state index contributed by atoms with van der Waals surface area (Å²) in [6.07, 6.45) is 0. The third-order valence-corrected chi connectivity index (χ3v) is 3.50. The van der Waals surface area contributed by atoms with Crippen molar-refractivity contribution in [3.05, 3.63) is 39.1 Å². The van der Waals surface area contributed by atoms with Gasteiger partial charge in [-0.05, 0) is 32.0 Å². The van der Waals surface area contributed by atoms with Crippen molar-refractivity contribution in [2.24, 2.45) is 0 Å². The zero-order chi connectivity index (χ0) is 14.0. The molecule has 19 heavy (non-hydrogen) atoms. The van der Waals surface area contributed by atoms with Crippen LogP contribution in [0.3, 0.4) is 0 Å².